The number of rotatable bonds is 6. The highest BCUT2D eigenvalue weighted by molar-refractivity contribution is 5.94. The molecule has 0 aliphatic rings. The Morgan fingerprint density at radius 2 is 2.29 bits per heavy atom. The third-order valence-corrected chi connectivity index (χ3v) is 2.19. The van der Waals surface area contributed by atoms with E-state index in [9.17, 15) is 9.18 Å². The van der Waals surface area contributed by atoms with E-state index < -0.39 is 11.8 Å². The van der Waals surface area contributed by atoms with E-state index in [-0.39, 0.29) is 11.6 Å². The minimum atomic E-state index is -1.16. The van der Waals surface area contributed by atoms with Gasteiger partial charge in [-0.15, -0.1) is 0 Å². The molecule has 5 heteroatoms. The fourth-order valence-corrected chi connectivity index (χ4v) is 1.42. The number of hydrogen-bond donors (Lipinski definition) is 2. The van der Waals surface area contributed by atoms with Gasteiger partial charge in [-0.1, -0.05) is 0 Å². The molecule has 0 saturated carbocycles. The summed E-state index contributed by atoms with van der Waals surface area (Å²) in [6.45, 7) is 4.81. The molecule has 17 heavy (non-hydrogen) atoms. The summed E-state index contributed by atoms with van der Waals surface area (Å²) in [4.78, 5) is 10.9. The van der Waals surface area contributed by atoms with E-state index in [0.29, 0.717) is 18.9 Å². The second-order valence-corrected chi connectivity index (χ2v) is 3.70. The Morgan fingerprint density at radius 1 is 1.59 bits per heavy atom. The zero-order chi connectivity index (χ0) is 12.8. The molecule has 2 N–H and O–H groups in total. The summed E-state index contributed by atoms with van der Waals surface area (Å²) in [6, 6.07) is 3.60. The summed E-state index contributed by atoms with van der Waals surface area (Å²) < 4.78 is 18.1. The first-order valence-electron chi connectivity index (χ1n) is 5.41. The van der Waals surface area contributed by atoms with Crippen LogP contribution in [0.1, 0.15) is 24.2 Å². The standard InChI is InChI=1S/C12H16FNO3/c1-3-17-7-8(2)14-11-5-4-9(13)6-10(11)12(15)16/h4-6,8,14H,3,7H2,1-2H3,(H,15,16). The van der Waals surface area contributed by atoms with Crippen molar-refractivity contribution in [2.24, 2.45) is 0 Å². The van der Waals surface area contributed by atoms with Crippen molar-refractivity contribution in [1.82, 2.24) is 0 Å². The number of halogens is 1. The van der Waals surface area contributed by atoms with E-state index in [4.69, 9.17) is 9.84 Å². The van der Waals surface area contributed by atoms with E-state index >= 15 is 0 Å². The van der Waals surface area contributed by atoms with Crippen LogP contribution in [-0.4, -0.2) is 30.3 Å². The van der Waals surface area contributed by atoms with Crippen LogP contribution < -0.4 is 5.32 Å². The van der Waals surface area contributed by atoms with Gasteiger partial charge in [-0.05, 0) is 32.0 Å². The molecule has 1 aromatic carbocycles. The molecule has 0 aromatic heterocycles. The van der Waals surface area contributed by atoms with Crippen molar-refractivity contribution in [2.45, 2.75) is 19.9 Å². The molecule has 0 saturated heterocycles. The van der Waals surface area contributed by atoms with Crippen molar-refractivity contribution in [3.8, 4) is 0 Å². The number of carbonyl (C=O) groups is 1. The molecule has 0 bridgehead atoms. The molecule has 1 unspecified atom stereocenters. The van der Waals surface area contributed by atoms with Crippen LogP contribution >= 0.6 is 0 Å². The number of hydrogen-bond acceptors (Lipinski definition) is 3. The smallest absolute Gasteiger partial charge is 0.337 e. The van der Waals surface area contributed by atoms with Crippen LogP contribution in [0.5, 0.6) is 0 Å². The maximum absolute atomic E-state index is 12.9. The van der Waals surface area contributed by atoms with Crippen molar-refractivity contribution in [3.05, 3.63) is 29.6 Å². The third kappa shape index (κ3) is 4.03. The van der Waals surface area contributed by atoms with Crippen molar-refractivity contribution in [1.29, 1.82) is 0 Å². The maximum Gasteiger partial charge on any atom is 0.337 e. The lowest BCUT2D eigenvalue weighted by Crippen LogP contribution is -2.23. The third-order valence-electron chi connectivity index (χ3n) is 2.19. The van der Waals surface area contributed by atoms with Crippen LogP contribution in [0.25, 0.3) is 0 Å². The molecule has 0 aliphatic carbocycles. The van der Waals surface area contributed by atoms with E-state index in [1.807, 2.05) is 13.8 Å². The first-order valence-corrected chi connectivity index (χ1v) is 5.41. The van der Waals surface area contributed by atoms with Gasteiger partial charge < -0.3 is 15.2 Å². The van der Waals surface area contributed by atoms with Gasteiger partial charge in [0.15, 0.2) is 0 Å². The van der Waals surface area contributed by atoms with Crippen LogP contribution in [0.4, 0.5) is 10.1 Å². The van der Waals surface area contributed by atoms with Crippen molar-refractivity contribution in [2.75, 3.05) is 18.5 Å². The maximum atomic E-state index is 12.9. The number of carboxylic acids is 1. The fraction of sp³-hybridized carbons (Fsp3) is 0.417. The molecule has 1 rings (SSSR count). The number of nitrogens with one attached hydrogen (secondary N) is 1. The van der Waals surface area contributed by atoms with Gasteiger partial charge in [0.2, 0.25) is 0 Å². The number of ether oxygens (including phenoxy) is 1. The zero-order valence-corrected chi connectivity index (χ0v) is 9.87. The fourth-order valence-electron chi connectivity index (χ4n) is 1.42. The second kappa shape index (κ2) is 6.20. The highest BCUT2D eigenvalue weighted by Gasteiger charge is 2.13. The lowest BCUT2D eigenvalue weighted by Gasteiger charge is -2.16. The summed E-state index contributed by atoms with van der Waals surface area (Å²) in [6.07, 6.45) is 0. The molecule has 94 valence electrons. The van der Waals surface area contributed by atoms with Crippen molar-refractivity contribution < 1.29 is 19.0 Å². The monoisotopic (exact) mass is 241 g/mol. The highest BCUT2D eigenvalue weighted by atomic mass is 19.1. The Kier molecular flexibility index (Phi) is 4.90. The highest BCUT2D eigenvalue weighted by Crippen LogP contribution is 2.18. The van der Waals surface area contributed by atoms with Crippen LogP contribution in [-0.2, 0) is 4.74 Å². The van der Waals surface area contributed by atoms with Gasteiger partial charge in [-0.3, -0.25) is 0 Å². The summed E-state index contributed by atoms with van der Waals surface area (Å²) in [5.74, 6) is -1.72. The molecule has 0 amide bonds. The lowest BCUT2D eigenvalue weighted by molar-refractivity contribution is 0.0697. The van der Waals surface area contributed by atoms with Gasteiger partial charge in [-0.25, -0.2) is 9.18 Å². The predicted molar refractivity (Wildman–Crippen MR) is 62.9 cm³/mol. The first kappa shape index (κ1) is 13.4. The van der Waals surface area contributed by atoms with E-state index in [0.717, 1.165) is 6.07 Å². The lowest BCUT2D eigenvalue weighted by atomic mass is 10.1. The van der Waals surface area contributed by atoms with Gasteiger partial charge in [0.1, 0.15) is 5.82 Å². The Balaban J connectivity index is 2.79. The molecule has 0 aliphatic heterocycles. The molecule has 0 radical (unpaired) electrons. The molecule has 0 heterocycles. The normalized spacial score (nSPS) is 12.2. The Hall–Kier alpha value is -1.62. The summed E-state index contributed by atoms with van der Waals surface area (Å²) in [5, 5.41) is 11.9. The predicted octanol–water partition coefficient (Wildman–Crippen LogP) is 2.36. The molecule has 4 nitrogen and oxygen atoms in total. The SMILES string of the molecule is CCOCC(C)Nc1ccc(F)cc1C(=O)O. The Bertz CT molecular complexity index is 395. The van der Waals surface area contributed by atoms with E-state index in [1.165, 1.54) is 12.1 Å². The number of benzene rings is 1. The summed E-state index contributed by atoms with van der Waals surface area (Å²) in [5.41, 5.74) is 0.319. The van der Waals surface area contributed by atoms with Gasteiger partial charge in [0.05, 0.1) is 12.2 Å². The molecule has 1 aromatic rings. The van der Waals surface area contributed by atoms with Gasteiger partial charge >= 0.3 is 5.97 Å². The van der Waals surface area contributed by atoms with Crippen molar-refractivity contribution >= 4 is 11.7 Å². The van der Waals surface area contributed by atoms with Crippen molar-refractivity contribution in [3.63, 3.8) is 0 Å². The van der Waals surface area contributed by atoms with Crippen LogP contribution in [0.15, 0.2) is 18.2 Å². The number of carboxylic acid groups (broad SMARTS) is 1. The molecule has 1 atom stereocenters. The Morgan fingerprint density at radius 3 is 2.88 bits per heavy atom. The molecular formula is C12H16FNO3. The number of anilines is 1. The summed E-state index contributed by atoms with van der Waals surface area (Å²) >= 11 is 0. The topological polar surface area (TPSA) is 58.6 Å². The molecule has 0 spiro atoms. The quantitative estimate of drug-likeness (QED) is 0.802. The van der Waals surface area contributed by atoms with Gasteiger partial charge in [0, 0.05) is 18.3 Å². The van der Waals surface area contributed by atoms with Gasteiger partial charge in [0.25, 0.3) is 0 Å². The minimum Gasteiger partial charge on any atom is -0.478 e. The summed E-state index contributed by atoms with van der Waals surface area (Å²) in [7, 11) is 0. The van der Waals surface area contributed by atoms with Gasteiger partial charge in [-0.2, -0.15) is 0 Å². The minimum absolute atomic E-state index is 0.0430. The van der Waals surface area contributed by atoms with Crippen LogP contribution in [0.2, 0.25) is 0 Å². The zero-order valence-electron chi connectivity index (χ0n) is 9.87. The largest absolute Gasteiger partial charge is 0.478 e. The number of aromatic carboxylic acids is 1. The van der Waals surface area contributed by atoms with E-state index in [2.05, 4.69) is 5.32 Å². The van der Waals surface area contributed by atoms with Crippen LogP contribution in [0, 0.1) is 5.82 Å². The second-order valence-electron chi connectivity index (χ2n) is 3.70. The molecule has 0 fully saturated rings. The average Bonchev–Trinajstić information content (AvgIpc) is 2.28. The first-order chi connectivity index (χ1) is 8.04. The molecular weight excluding hydrogens is 225 g/mol. The van der Waals surface area contributed by atoms with Crippen LogP contribution in [0.3, 0.4) is 0 Å². The van der Waals surface area contributed by atoms with E-state index in [1.54, 1.807) is 0 Å². The average molecular weight is 241 g/mol. The Labute approximate surface area is 99.4 Å².